The van der Waals surface area contributed by atoms with Crippen molar-refractivity contribution >= 4 is 26.4 Å². The van der Waals surface area contributed by atoms with Gasteiger partial charge in [-0.3, -0.25) is 4.52 Å². The molecule has 2 unspecified atom stereocenters. The van der Waals surface area contributed by atoms with E-state index in [-0.39, 0.29) is 6.61 Å². The van der Waals surface area contributed by atoms with Crippen LogP contribution in [0.5, 0.6) is 0 Å². The molecule has 0 bridgehead atoms. The summed E-state index contributed by atoms with van der Waals surface area (Å²) in [5.41, 5.74) is 0. The third-order valence-corrected chi connectivity index (χ3v) is 3.86. The van der Waals surface area contributed by atoms with Crippen molar-refractivity contribution in [3.63, 3.8) is 0 Å². The standard InChI is InChI=1S/C7H14BO6PS/c1-11-3-4-6(5(9)7(8)13-4)14-15(10,16)12-2/h4-7,9H,3H2,1-2H3,(H,10,16)/t4-,5?,6+,7-,15?/m1/s1. The summed E-state index contributed by atoms with van der Waals surface area (Å²) in [6.07, 6.45) is -2.52. The largest absolute Gasteiger partial charge is 0.388 e. The lowest BCUT2D eigenvalue weighted by Crippen LogP contribution is -2.36. The molecule has 0 aromatic rings. The van der Waals surface area contributed by atoms with Crippen molar-refractivity contribution in [2.75, 3.05) is 20.8 Å². The molecule has 0 saturated carbocycles. The van der Waals surface area contributed by atoms with Gasteiger partial charge in [-0.1, -0.05) is 0 Å². The zero-order valence-electron chi connectivity index (χ0n) is 8.98. The molecule has 6 nitrogen and oxygen atoms in total. The molecule has 1 aliphatic heterocycles. The maximum absolute atomic E-state index is 9.69. The average molecular weight is 268 g/mol. The van der Waals surface area contributed by atoms with Crippen LogP contribution >= 0.6 is 6.72 Å². The highest BCUT2D eigenvalue weighted by molar-refractivity contribution is 8.07. The van der Waals surface area contributed by atoms with Crippen LogP contribution in [0.1, 0.15) is 0 Å². The first-order chi connectivity index (χ1) is 7.41. The number of methoxy groups -OCH3 is 1. The van der Waals surface area contributed by atoms with Gasteiger partial charge in [0.05, 0.1) is 6.61 Å². The zero-order valence-corrected chi connectivity index (χ0v) is 10.7. The lowest BCUT2D eigenvalue weighted by molar-refractivity contribution is -0.0165. The summed E-state index contributed by atoms with van der Waals surface area (Å²) in [6.45, 7) is -3.19. The highest BCUT2D eigenvalue weighted by Gasteiger charge is 2.44. The molecule has 0 aliphatic carbocycles. The first-order valence-electron chi connectivity index (χ1n) is 4.56. The highest BCUT2D eigenvalue weighted by Crippen LogP contribution is 2.46. The van der Waals surface area contributed by atoms with Gasteiger partial charge in [0, 0.05) is 20.2 Å². The molecule has 92 valence electrons. The second-order valence-electron chi connectivity index (χ2n) is 3.31. The normalized spacial score (nSPS) is 38.5. The molecule has 0 amide bonds. The monoisotopic (exact) mass is 268 g/mol. The summed E-state index contributed by atoms with van der Waals surface area (Å²) < 4.78 is 19.8. The van der Waals surface area contributed by atoms with Gasteiger partial charge in [0.2, 0.25) is 0 Å². The van der Waals surface area contributed by atoms with Crippen LogP contribution in [0, 0.1) is 0 Å². The first-order valence-corrected chi connectivity index (χ1v) is 7.15. The zero-order chi connectivity index (χ0) is 12.3. The Balaban J connectivity index is 2.70. The van der Waals surface area contributed by atoms with Crippen LogP contribution in [-0.2, 0) is 30.3 Å². The van der Waals surface area contributed by atoms with Crippen LogP contribution in [0.4, 0.5) is 0 Å². The van der Waals surface area contributed by atoms with Crippen molar-refractivity contribution in [3.8, 4) is 0 Å². The third-order valence-electron chi connectivity index (χ3n) is 2.19. The Morgan fingerprint density at radius 1 is 1.50 bits per heavy atom. The Hall–Kier alpha value is 0.475. The second-order valence-corrected chi connectivity index (χ2v) is 6.20. The van der Waals surface area contributed by atoms with E-state index in [0.717, 1.165) is 0 Å². The summed E-state index contributed by atoms with van der Waals surface area (Å²) >= 11 is 4.68. The van der Waals surface area contributed by atoms with Gasteiger partial charge in [-0.15, -0.1) is 0 Å². The number of hydrogen-bond donors (Lipinski definition) is 2. The molecule has 1 fully saturated rings. The van der Waals surface area contributed by atoms with E-state index in [1.165, 1.54) is 14.2 Å². The summed E-state index contributed by atoms with van der Waals surface area (Å²) in [7, 11) is 8.20. The van der Waals surface area contributed by atoms with Crippen molar-refractivity contribution in [2.45, 2.75) is 24.3 Å². The Bertz CT molecular complexity index is 280. The molecule has 2 radical (unpaired) electrons. The first kappa shape index (κ1) is 14.5. The number of ether oxygens (including phenoxy) is 2. The van der Waals surface area contributed by atoms with E-state index in [1.54, 1.807) is 0 Å². The Kier molecular flexibility index (Phi) is 5.35. The van der Waals surface area contributed by atoms with E-state index in [2.05, 4.69) is 16.3 Å². The molecule has 2 N–H and O–H groups in total. The van der Waals surface area contributed by atoms with Gasteiger partial charge in [-0.25, -0.2) is 0 Å². The quantitative estimate of drug-likeness (QED) is 0.496. The Labute approximate surface area is 100 Å². The predicted octanol–water partition coefficient (Wildman–Crippen LogP) is -0.865. The van der Waals surface area contributed by atoms with E-state index < -0.39 is 31.0 Å². The molecule has 1 saturated heterocycles. The predicted molar refractivity (Wildman–Crippen MR) is 60.7 cm³/mol. The van der Waals surface area contributed by atoms with E-state index >= 15 is 0 Å². The van der Waals surface area contributed by atoms with Crippen molar-refractivity contribution in [1.29, 1.82) is 0 Å². The molecule has 0 spiro atoms. The molecule has 9 heteroatoms. The van der Waals surface area contributed by atoms with Crippen LogP contribution in [0.15, 0.2) is 0 Å². The van der Waals surface area contributed by atoms with Crippen LogP contribution in [0.2, 0.25) is 0 Å². The van der Waals surface area contributed by atoms with E-state index in [0.29, 0.717) is 0 Å². The number of aliphatic hydroxyl groups excluding tert-OH is 1. The molecule has 16 heavy (non-hydrogen) atoms. The van der Waals surface area contributed by atoms with Crippen LogP contribution in [-0.4, -0.2) is 63.0 Å². The minimum absolute atomic E-state index is 0.175. The fraction of sp³-hybridized carbons (Fsp3) is 1.00. The van der Waals surface area contributed by atoms with Gasteiger partial charge in [0.1, 0.15) is 26.2 Å². The smallest absolute Gasteiger partial charge is 0.324 e. The fourth-order valence-corrected chi connectivity index (χ4v) is 2.34. The lowest BCUT2D eigenvalue weighted by atomic mass is 9.93. The van der Waals surface area contributed by atoms with Crippen molar-refractivity contribution in [1.82, 2.24) is 0 Å². The molecule has 0 aromatic heterocycles. The Morgan fingerprint density at radius 2 is 2.12 bits per heavy atom. The minimum atomic E-state index is -3.37. The lowest BCUT2D eigenvalue weighted by Gasteiger charge is -2.24. The maximum atomic E-state index is 9.69. The highest BCUT2D eigenvalue weighted by atomic mass is 32.5. The van der Waals surface area contributed by atoms with E-state index in [1.807, 2.05) is 0 Å². The van der Waals surface area contributed by atoms with Gasteiger partial charge >= 0.3 is 6.72 Å². The molecule has 1 heterocycles. The summed E-state index contributed by atoms with van der Waals surface area (Å²) in [5.74, 6) is 0. The van der Waals surface area contributed by atoms with Gasteiger partial charge in [-0.05, 0) is 11.8 Å². The van der Waals surface area contributed by atoms with E-state index in [4.69, 9.17) is 21.8 Å². The molecule has 1 aliphatic rings. The molecular weight excluding hydrogens is 254 g/mol. The van der Waals surface area contributed by atoms with Gasteiger partial charge < -0.3 is 24.0 Å². The SMILES string of the molecule is [B][C@@H]1O[C@H](COC)[C@H](OP(O)(=S)OC)C1O. The third kappa shape index (κ3) is 3.48. The molecule has 5 atom stereocenters. The fourth-order valence-electron chi connectivity index (χ4n) is 1.39. The van der Waals surface area contributed by atoms with Gasteiger partial charge in [-0.2, -0.15) is 0 Å². The molecule has 0 aromatic carbocycles. The maximum Gasteiger partial charge on any atom is 0.324 e. The molecule has 1 rings (SSSR count). The van der Waals surface area contributed by atoms with E-state index in [9.17, 15) is 10.00 Å². The second kappa shape index (κ2) is 5.88. The number of hydrogen-bond acceptors (Lipinski definition) is 6. The average Bonchev–Trinajstić information content (AvgIpc) is 2.47. The summed E-state index contributed by atoms with van der Waals surface area (Å²) in [5, 5.41) is 9.69. The number of rotatable bonds is 5. The van der Waals surface area contributed by atoms with Crippen LogP contribution in [0.25, 0.3) is 0 Å². The van der Waals surface area contributed by atoms with Crippen LogP contribution < -0.4 is 0 Å². The summed E-state index contributed by atoms with van der Waals surface area (Å²) in [4.78, 5) is 9.51. The van der Waals surface area contributed by atoms with Crippen molar-refractivity contribution in [2.24, 2.45) is 0 Å². The van der Waals surface area contributed by atoms with Crippen LogP contribution in [0.3, 0.4) is 0 Å². The minimum Gasteiger partial charge on any atom is -0.388 e. The topological polar surface area (TPSA) is 77.4 Å². The Morgan fingerprint density at radius 3 is 2.62 bits per heavy atom. The van der Waals surface area contributed by atoms with Crippen molar-refractivity contribution < 1.29 is 28.5 Å². The number of aliphatic hydroxyl groups is 1. The molecular formula is C7H14BO6PS. The summed E-state index contributed by atoms with van der Waals surface area (Å²) in [6, 6.07) is -0.892. The van der Waals surface area contributed by atoms with Gasteiger partial charge in [0.15, 0.2) is 0 Å². The van der Waals surface area contributed by atoms with Crippen molar-refractivity contribution in [3.05, 3.63) is 0 Å². The van der Waals surface area contributed by atoms with Gasteiger partial charge in [0.25, 0.3) is 0 Å².